The minimum Gasteiger partial charge on any atom is -0.380 e. The fourth-order valence-corrected chi connectivity index (χ4v) is 2.56. The van der Waals surface area contributed by atoms with Crippen molar-refractivity contribution in [1.82, 2.24) is 0 Å². The molecule has 0 aromatic carbocycles. The van der Waals surface area contributed by atoms with E-state index < -0.39 is 0 Å². The molecule has 1 aliphatic rings. The summed E-state index contributed by atoms with van der Waals surface area (Å²) in [6.45, 7) is 10.3. The number of Topliss-reactive ketones (excluding diaryl/α,β-unsaturated/α-hetero) is 1. The maximum absolute atomic E-state index is 12.5. The molecule has 0 aromatic rings. The van der Waals surface area contributed by atoms with Gasteiger partial charge in [-0.3, -0.25) is 4.79 Å². The lowest BCUT2D eigenvalue weighted by Crippen LogP contribution is -2.16. The molecule has 0 saturated heterocycles. The Balaban J connectivity index is 3.08. The largest absolute Gasteiger partial charge is 0.380 e. The van der Waals surface area contributed by atoms with Gasteiger partial charge in [0.1, 0.15) is 0 Å². The number of ketones is 1. The Hall–Kier alpha value is -1.15. The van der Waals surface area contributed by atoms with Gasteiger partial charge in [-0.2, -0.15) is 0 Å². The Bertz CT molecular complexity index is 377. The average Bonchev–Trinajstić information content (AvgIpc) is 2.37. The van der Waals surface area contributed by atoms with Crippen molar-refractivity contribution in [2.45, 2.75) is 45.4 Å². The van der Waals surface area contributed by atoms with Crippen molar-refractivity contribution in [1.29, 1.82) is 0 Å². The van der Waals surface area contributed by atoms with Gasteiger partial charge in [0.2, 0.25) is 0 Å². The van der Waals surface area contributed by atoms with Gasteiger partial charge >= 0.3 is 0 Å². The maximum atomic E-state index is 12.5. The minimum absolute atomic E-state index is 0.111. The summed E-state index contributed by atoms with van der Waals surface area (Å²) in [5.41, 5.74) is 3.07. The van der Waals surface area contributed by atoms with E-state index in [4.69, 9.17) is 4.74 Å². The Morgan fingerprint density at radius 1 is 1.26 bits per heavy atom. The SMILES string of the molecule is C=CC(C)C(=O)/C1=C(\C(=C)COC)CCCCCC1. The second-order valence-corrected chi connectivity index (χ2v) is 5.30. The molecule has 0 spiro atoms. The summed E-state index contributed by atoms with van der Waals surface area (Å²) in [6, 6.07) is 0. The Morgan fingerprint density at radius 2 is 1.84 bits per heavy atom. The highest BCUT2D eigenvalue weighted by atomic mass is 16.5. The number of methoxy groups -OCH3 is 1. The van der Waals surface area contributed by atoms with Crippen LogP contribution in [0.15, 0.2) is 36.0 Å². The van der Waals surface area contributed by atoms with E-state index >= 15 is 0 Å². The van der Waals surface area contributed by atoms with E-state index in [0.29, 0.717) is 6.61 Å². The third-order valence-corrected chi connectivity index (χ3v) is 3.78. The predicted molar refractivity (Wildman–Crippen MR) is 80.1 cm³/mol. The molecule has 0 bridgehead atoms. The highest BCUT2D eigenvalue weighted by Crippen LogP contribution is 2.29. The van der Waals surface area contributed by atoms with E-state index in [-0.39, 0.29) is 11.7 Å². The zero-order chi connectivity index (χ0) is 14.3. The molecule has 0 aromatic heterocycles. The number of ether oxygens (including phenoxy) is 1. The molecule has 106 valence electrons. The van der Waals surface area contributed by atoms with Crippen LogP contribution in [-0.4, -0.2) is 19.5 Å². The second-order valence-electron chi connectivity index (χ2n) is 5.30. The fourth-order valence-electron chi connectivity index (χ4n) is 2.56. The molecule has 2 nitrogen and oxygen atoms in total. The summed E-state index contributed by atoms with van der Waals surface area (Å²) in [5.74, 6) is 0.101. The van der Waals surface area contributed by atoms with Crippen LogP contribution in [0.25, 0.3) is 0 Å². The molecular weight excluding hydrogens is 236 g/mol. The number of rotatable bonds is 6. The molecule has 0 fully saturated rings. The van der Waals surface area contributed by atoms with Crippen LogP contribution in [0.3, 0.4) is 0 Å². The monoisotopic (exact) mass is 262 g/mol. The molecule has 2 heteroatoms. The third kappa shape index (κ3) is 4.46. The van der Waals surface area contributed by atoms with Gasteiger partial charge in [-0.25, -0.2) is 0 Å². The molecule has 0 aliphatic heterocycles. The first-order valence-corrected chi connectivity index (χ1v) is 7.17. The topological polar surface area (TPSA) is 26.3 Å². The standard InChI is InChI=1S/C17H26O2/c1-5-13(2)17(18)16-11-9-7-6-8-10-15(16)14(3)12-19-4/h5,13H,1,3,6-12H2,2,4H3/b16-15-. The highest BCUT2D eigenvalue weighted by molar-refractivity contribution is 5.99. The van der Waals surface area contributed by atoms with Gasteiger partial charge in [-0.05, 0) is 42.4 Å². The number of hydrogen-bond donors (Lipinski definition) is 0. The molecular formula is C17H26O2. The summed E-state index contributed by atoms with van der Waals surface area (Å²) in [7, 11) is 1.67. The number of hydrogen-bond acceptors (Lipinski definition) is 2. The van der Waals surface area contributed by atoms with Crippen molar-refractivity contribution in [3.63, 3.8) is 0 Å². The Kier molecular flexibility index (Phi) is 6.79. The van der Waals surface area contributed by atoms with Crippen molar-refractivity contribution in [3.8, 4) is 0 Å². The number of carbonyl (C=O) groups is 1. The van der Waals surface area contributed by atoms with E-state index in [0.717, 1.165) is 42.4 Å². The van der Waals surface area contributed by atoms with Crippen molar-refractivity contribution >= 4 is 5.78 Å². The summed E-state index contributed by atoms with van der Waals surface area (Å²) in [5, 5.41) is 0. The fraction of sp³-hybridized carbons (Fsp3) is 0.588. The van der Waals surface area contributed by atoms with E-state index in [2.05, 4.69) is 13.2 Å². The van der Waals surface area contributed by atoms with Crippen LogP contribution in [0.2, 0.25) is 0 Å². The normalized spacial score (nSPS) is 22.2. The minimum atomic E-state index is -0.111. The van der Waals surface area contributed by atoms with Crippen LogP contribution in [0, 0.1) is 5.92 Å². The van der Waals surface area contributed by atoms with Gasteiger partial charge in [-0.15, -0.1) is 6.58 Å². The molecule has 0 saturated carbocycles. The van der Waals surface area contributed by atoms with Gasteiger partial charge in [0, 0.05) is 13.0 Å². The van der Waals surface area contributed by atoms with Gasteiger partial charge in [0.15, 0.2) is 5.78 Å². The van der Waals surface area contributed by atoms with Crippen molar-refractivity contribution in [2.24, 2.45) is 5.92 Å². The van der Waals surface area contributed by atoms with Gasteiger partial charge in [0.25, 0.3) is 0 Å². The summed E-state index contributed by atoms with van der Waals surface area (Å²) in [4.78, 5) is 12.5. The van der Waals surface area contributed by atoms with Crippen LogP contribution in [-0.2, 0) is 9.53 Å². The zero-order valence-electron chi connectivity index (χ0n) is 12.3. The molecule has 1 unspecified atom stereocenters. The number of carbonyl (C=O) groups excluding carboxylic acids is 1. The van der Waals surface area contributed by atoms with Crippen LogP contribution >= 0.6 is 0 Å². The van der Waals surface area contributed by atoms with Gasteiger partial charge < -0.3 is 4.74 Å². The summed E-state index contributed by atoms with van der Waals surface area (Å²) in [6.07, 6.45) is 8.23. The molecule has 0 amide bonds. The quantitative estimate of drug-likeness (QED) is 0.670. The molecule has 1 rings (SSSR count). The average molecular weight is 262 g/mol. The van der Waals surface area contributed by atoms with Crippen molar-refractivity contribution in [3.05, 3.63) is 36.0 Å². The molecule has 0 radical (unpaired) electrons. The van der Waals surface area contributed by atoms with Crippen LogP contribution < -0.4 is 0 Å². The van der Waals surface area contributed by atoms with Gasteiger partial charge in [0.05, 0.1) is 6.61 Å². The first-order chi connectivity index (χ1) is 9.11. The van der Waals surface area contributed by atoms with Crippen molar-refractivity contribution < 1.29 is 9.53 Å². The van der Waals surface area contributed by atoms with Crippen LogP contribution in [0.1, 0.15) is 45.4 Å². The smallest absolute Gasteiger partial charge is 0.165 e. The Labute approximate surface area is 117 Å². The zero-order valence-corrected chi connectivity index (χ0v) is 12.3. The molecule has 0 heterocycles. The van der Waals surface area contributed by atoms with E-state index in [1.165, 1.54) is 12.8 Å². The molecule has 1 aliphatic carbocycles. The third-order valence-electron chi connectivity index (χ3n) is 3.78. The summed E-state index contributed by atoms with van der Waals surface area (Å²) < 4.78 is 5.18. The highest BCUT2D eigenvalue weighted by Gasteiger charge is 2.21. The first-order valence-electron chi connectivity index (χ1n) is 7.17. The van der Waals surface area contributed by atoms with Crippen molar-refractivity contribution in [2.75, 3.05) is 13.7 Å². The van der Waals surface area contributed by atoms with Crippen LogP contribution in [0.5, 0.6) is 0 Å². The maximum Gasteiger partial charge on any atom is 0.165 e. The second kappa shape index (κ2) is 8.11. The molecule has 19 heavy (non-hydrogen) atoms. The lowest BCUT2D eigenvalue weighted by Gasteiger charge is -2.20. The van der Waals surface area contributed by atoms with Crippen LogP contribution in [0.4, 0.5) is 0 Å². The molecule has 1 atom stereocenters. The Morgan fingerprint density at radius 3 is 2.37 bits per heavy atom. The van der Waals surface area contributed by atoms with E-state index in [1.54, 1.807) is 13.2 Å². The lowest BCUT2D eigenvalue weighted by atomic mass is 9.84. The molecule has 0 N–H and O–H groups in total. The van der Waals surface area contributed by atoms with E-state index in [9.17, 15) is 4.79 Å². The van der Waals surface area contributed by atoms with Gasteiger partial charge in [-0.1, -0.05) is 32.4 Å². The predicted octanol–water partition coefficient (Wildman–Crippen LogP) is 4.23. The van der Waals surface area contributed by atoms with E-state index in [1.807, 2.05) is 6.92 Å². The first kappa shape index (κ1) is 15.9. The summed E-state index contributed by atoms with van der Waals surface area (Å²) >= 11 is 0. The lowest BCUT2D eigenvalue weighted by molar-refractivity contribution is -0.117. The number of allylic oxidation sites excluding steroid dienone is 2.